The smallest absolute Gasteiger partial charge is 0.376 e. The zero-order chi connectivity index (χ0) is 20.5. The number of ketones is 1. The monoisotopic (exact) mass is 390 g/mol. The van der Waals surface area contributed by atoms with Crippen LogP contribution in [-0.2, 0) is 5.60 Å². The van der Waals surface area contributed by atoms with Gasteiger partial charge in [0.25, 0.3) is 0 Å². The van der Waals surface area contributed by atoms with Crippen molar-refractivity contribution in [2.75, 3.05) is 0 Å². The minimum atomic E-state index is -4.71. The van der Waals surface area contributed by atoms with E-state index in [9.17, 15) is 23.1 Å². The molecule has 6 nitrogen and oxygen atoms in total. The minimum Gasteiger partial charge on any atom is -0.376 e. The first kappa shape index (κ1) is 19.6. The van der Waals surface area contributed by atoms with Crippen LogP contribution >= 0.6 is 0 Å². The van der Waals surface area contributed by atoms with Gasteiger partial charge in [0.1, 0.15) is 11.3 Å². The Kier molecular flexibility index (Phi) is 4.95. The highest BCUT2D eigenvalue weighted by atomic mass is 19.4. The second-order valence-electron chi connectivity index (χ2n) is 6.34. The molecule has 0 radical (unpaired) electrons. The molecular weight excluding hydrogens is 373 g/mol. The first-order chi connectivity index (χ1) is 13.1. The molecule has 28 heavy (non-hydrogen) atoms. The number of hydrogen-bond donors (Lipinski definition) is 1. The Morgan fingerprint density at radius 2 is 1.50 bits per heavy atom. The molecule has 1 unspecified atom stereocenters. The summed E-state index contributed by atoms with van der Waals surface area (Å²) in [7, 11) is 0. The molecule has 0 fully saturated rings. The molecule has 0 aliphatic carbocycles. The van der Waals surface area contributed by atoms with Crippen molar-refractivity contribution in [1.29, 1.82) is 0 Å². The second-order valence-corrected chi connectivity index (χ2v) is 6.34. The van der Waals surface area contributed by atoms with Crippen molar-refractivity contribution in [2.24, 2.45) is 0 Å². The standard InChI is InChI=1S/C10H9F3N2O.C9H8N2O/c1-9(16,10(11,12)13)7-2-4-15-5-3-14-8(15)6-7;1-7(12)8-2-4-11-5-3-10-9(11)6-8/h2-6,16H,1H3;2-6H,1H3. The van der Waals surface area contributed by atoms with Gasteiger partial charge in [0, 0.05) is 42.7 Å². The van der Waals surface area contributed by atoms with Gasteiger partial charge in [-0.3, -0.25) is 4.79 Å². The molecule has 0 spiro atoms. The van der Waals surface area contributed by atoms with E-state index < -0.39 is 11.8 Å². The summed E-state index contributed by atoms with van der Waals surface area (Å²) >= 11 is 0. The Bertz CT molecular complexity index is 1130. The molecule has 0 aliphatic rings. The van der Waals surface area contributed by atoms with Gasteiger partial charge in [-0.2, -0.15) is 13.2 Å². The van der Waals surface area contributed by atoms with Crippen molar-refractivity contribution in [1.82, 2.24) is 18.8 Å². The van der Waals surface area contributed by atoms with Gasteiger partial charge in [0.2, 0.25) is 0 Å². The van der Waals surface area contributed by atoms with Gasteiger partial charge in [-0.1, -0.05) is 0 Å². The third-order valence-corrected chi connectivity index (χ3v) is 4.32. The van der Waals surface area contributed by atoms with Gasteiger partial charge in [-0.05, 0) is 43.7 Å². The summed E-state index contributed by atoms with van der Waals surface area (Å²) in [4.78, 5) is 18.9. The number of Topliss-reactive ketones (excluding diaryl/α,β-unsaturated/α-hetero) is 1. The van der Waals surface area contributed by atoms with Crippen molar-refractivity contribution in [3.05, 3.63) is 72.6 Å². The van der Waals surface area contributed by atoms with Crippen LogP contribution in [0, 0.1) is 0 Å². The van der Waals surface area contributed by atoms with Crippen LogP contribution in [0.4, 0.5) is 13.2 Å². The zero-order valence-electron chi connectivity index (χ0n) is 15.1. The minimum absolute atomic E-state index is 0.0699. The lowest BCUT2D eigenvalue weighted by Crippen LogP contribution is -2.39. The average Bonchev–Trinajstić information content (AvgIpc) is 3.28. The van der Waals surface area contributed by atoms with Crippen molar-refractivity contribution < 1.29 is 23.1 Å². The highest BCUT2D eigenvalue weighted by molar-refractivity contribution is 5.94. The Labute approximate surface area is 157 Å². The fourth-order valence-electron chi connectivity index (χ4n) is 2.51. The summed E-state index contributed by atoms with van der Waals surface area (Å²) in [6.07, 6.45) is 5.19. The molecule has 4 heterocycles. The van der Waals surface area contributed by atoms with E-state index in [0.717, 1.165) is 12.6 Å². The number of pyridine rings is 2. The van der Waals surface area contributed by atoms with E-state index in [1.165, 1.54) is 24.5 Å². The van der Waals surface area contributed by atoms with Crippen molar-refractivity contribution in [2.45, 2.75) is 25.6 Å². The van der Waals surface area contributed by atoms with Crippen LogP contribution in [0.5, 0.6) is 0 Å². The van der Waals surface area contributed by atoms with E-state index in [2.05, 4.69) is 9.97 Å². The quantitative estimate of drug-likeness (QED) is 0.531. The molecule has 4 aromatic rings. The molecule has 1 atom stereocenters. The van der Waals surface area contributed by atoms with Gasteiger partial charge in [-0.15, -0.1) is 0 Å². The van der Waals surface area contributed by atoms with Crippen LogP contribution in [0.2, 0.25) is 0 Å². The summed E-state index contributed by atoms with van der Waals surface area (Å²) in [6, 6.07) is 6.01. The Morgan fingerprint density at radius 3 is 2.04 bits per heavy atom. The third-order valence-electron chi connectivity index (χ3n) is 4.32. The number of rotatable bonds is 2. The molecule has 0 aliphatic heterocycles. The summed E-state index contributed by atoms with van der Waals surface area (Å²) < 4.78 is 41.1. The summed E-state index contributed by atoms with van der Waals surface area (Å²) in [5.41, 5.74) is -1.21. The third kappa shape index (κ3) is 3.74. The van der Waals surface area contributed by atoms with Crippen LogP contribution < -0.4 is 0 Å². The predicted octanol–water partition coefficient (Wildman–Crippen LogP) is 3.64. The number of imidazole rings is 2. The highest BCUT2D eigenvalue weighted by Crippen LogP contribution is 2.38. The molecule has 9 heteroatoms. The number of aliphatic hydroxyl groups is 1. The number of halogens is 3. The van der Waals surface area contributed by atoms with Gasteiger partial charge in [0.15, 0.2) is 11.4 Å². The van der Waals surface area contributed by atoms with Crippen molar-refractivity contribution in [3.8, 4) is 0 Å². The summed E-state index contributed by atoms with van der Waals surface area (Å²) in [5.74, 6) is 0.0699. The maximum absolute atomic E-state index is 12.6. The molecule has 1 N–H and O–H groups in total. The number of nitrogens with zero attached hydrogens (tertiary/aromatic N) is 4. The van der Waals surface area contributed by atoms with Crippen LogP contribution in [0.3, 0.4) is 0 Å². The molecule has 4 rings (SSSR count). The van der Waals surface area contributed by atoms with Crippen molar-refractivity contribution >= 4 is 17.1 Å². The van der Waals surface area contributed by atoms with Gasteiger partial charge >= 0.3 is 6.18 Å². The molecule has 0 saturated heterocycles. The maximum atomic E-state index is 12.6. The lowest BCUT2D eigenvalue weighted by atomic mass is 9.96. The van der Waals surface area contributed by atoms with E-state index >= 15 is 0 Å². The molecule has 0 aromatic carbocycles. The van der Waals surface area contributed by atoms with Gasteiger partial charge in [0.05, 0.1) is 0 Å². The number of alkyl halides is 3. The molecule has 0 bridgehead atoms. The SMILES string of the molecule is CC(=O)c1ccn2ccnc2c1.CC(O)(c1ccn2ccnc2c1)C(F)(F)F. The van der Waals surface area contributed by atoms with E-state index in [1.54, 1.807) is 35.9 Å². The van der Waals surface area contributed by atoms with Gasteiger partial charge < -0.3 is 13.9 Å². The number of carbonyl (C=O) groups excluding carboxylic acids is 1. The lowest BCUT2D eigenvalue weighted by molar-refractivity contribution is -0.258. The Balaban J connectivity index is 0.000000167. The molecular formula is C19H17F3N4O2. The lowest BCUT2D eigenvalue weighted by Gasteiger charge is -2.26. The van der Waals surface area contributed by atoms with Crippen LogP contribution in [-0.4, -0.2) is 35.8 Å². The second kappa shape index (κ2) is 7.08. The van der Waals surface area contributed by atoms with Crippen LogP contribution in [0.1, 0.15) is 29.8 Å². The fraction of sp³-hybridized carbons (Fsp3) is 0.211. The molecule has 0 saturated carbocycles. The average molecular weight is 390 g/mol. The fourth-order valence-corrected chi connectivity index (χ4v) is 2.51. The Hall–Kier alpha value is -3.20. The van der Waals surface area contributed by atoms with E-state index in [0.29, 0.717) is 11.2 Å². The zero-order valence-corrected chi connectivity index (χ0v) is 15.1. The topological polar surface area (TPSA) is 71.9 Å². The number of carbonyl (C=O) groups is 1. The number of fused-ring (bicyclic) bond motifs is 2. The highest BCUT2D eigenvalue weighted by Gasteiger charge is 2.51. The van der Waals surface area contributed by atoms with Gasteiger partial charge in [-0.25, -0.2) is 9.97 Å². The van der Waals surface area contributed by atoms with E-state index in [4.69, 9.17) is 0 Å². The number of hydrogen-bond acceptors (Lipinski definition) is 4. The normalized spacial score (nSPS) is 13.8. The first-order valence-corrected chi connectivity index (χ1v) is 8.25. The van der Waals surface area contributed by atoms with E-state index in [-0.39, 0.29) is 11.3 Å². The molecule has 146 valence electrons. The molecule has 0 amide bonds. The number of aromatic nitrogens is 4. The Morgan fingerprint density at radius 1 is 0.964 bits per heavy atom. The van der Waals surface area contributed by atoms with Crippen LogP contribution in [0.15, 0.2) is 61.4 Å². The maximum Gasteiger partial charge on any atom is 0.421 e. The van der Waals surface area contributed by atoms with E-state index in [1.807, 2.05) is 16.8 Å². The summed E-state index contributed by atoms with van der Waals surface area (Å²) in [5, 5.41) is 9.46. The predicted molar refractivity (Wildman–Crippen MR) is 96.0 cm³/mol. The molecule has 4 aromatic heterocycles. The first-order valence-electron chi connectivity index (χ1n) is 8.25. The van der Waals surface area contributed by atoms with Crippen LogP contribution in [0.25, 0.3) is 11.3 Å². The largest absolute Gasteiger partial charge is 0.421 e. The summed E-state index contributed by atoms with van der Waals surface area (Å²) in [6.45, 7) is 2.27. The van der Waals surface area contributed by atoms with Crippen molar-refractivity contribution in [3.63, 3.8) is 0 Å².